The van der Waals surface area contributed by atoms with E-state index in [0.29, 0.717) is 32.6 Å². The Bertz CT molecular complexity index is 1130. The summed E-state index contributed by atoms with van der Waals surface area (Å²) < 4.78 is 20.3. The Morgan fingerprint density at radius 2 is 2.04 bits per heavy atom. The lowest BCUT2D eigenvalue weighted by atomic mass is 10.1. The van der Waals surface area contributed by atoms with Gasteiger partial charge in [-0.15, -0.1) is 16.4 Å². The number of rotatable bonds is 6. The van der Waals surface area contributed by atoms with E-state index in [4.69, 9.17) is 4.74 Å². The zero-order chi connectivity index (χ0) is 19.5. The van der Waals surface area contributed by atoms with Crippen molar-refractivity contribution in [1.82, 2.24) is 15.2 Å². The number of fused-ring (bicyclic) bond motifs is 1. The van der Waals surface area contributed by atoms with E-state index in [0.717, 1.165) is 10.3 Å². The number of hydrogen-bond acceptors (Lipinski definition) is 6. The van der Waals surface area contributed by atoms with Crippen LogP contribution in [0.15, 0.2) is 53.7 Å². The summed E-state index contributed by atoms with van der Waals surface area (Å²) in [5, 5.41) is 8.13. The van der Waals surface area contributed by atoms with E-state index in [1.807, 2.05) is 30.3 Å². The topological polar surface area (TPSA) is 67.9 Å². The first kappa shape index (κ1) is 18.6. The SMILES string of the molecule is CCOC(=O)c1sc2cccc(F)c2c1CSc1n[nH]c(-c2ccccc2)n1. The van der Waals surface area contributed by atoms with Crippen LogP contribution >= 0.6 is 23.1 Å². The number of carbonyl (C=O) groups excluding carboxylic acids is 1. The standard InChI is InChI=1S/C20H16FN3O2S2/c1-2-26-19(25)17-13(16-14(21)9-6-10-15(16)28-17)11-27-20-22-18(23-24-20)12-7-4-3-5-8-12/h3-10H,2,11H2,1H3,(H,22,23,24). The van der Waals surface area contributed by atoms with Crippen LogP contribution in [0.25, 0.3) is 21.5 Å². The van der Waals surface area contributed by atoms with Gasteiger partial charge in [0.15, 0.2) is 5.82 Å². The number of nitrogens with one attached hydrogen (secondary N) is 1. The molecule has 0 aliphatic rings. The van der Waals surface area contributed by atoms with Gasteiger partial charge in [0.1, 0.15) is 10.7 Å². The number of nitrogens with zero attached hydrogens (tertiary/aromatic N) is 2. The largest absolute Gasteiger partial charge is 0.462 e. The maximum atomic E-state index is 14.5. The van der Waals surface area contributed by atoms with Crippen molar-refractivity contribution < 1.29 is 13.9 Å². The maximum absolute atomic E-state index is 14.5. The van der Waals surface area contributed by atoms with E-state index >= 15 is 0 Å². The molecule has 0 saturated heterocycles. The number of ether oxygens (including phenoxy) is 1. The summed E-state index contributed by atoms with van der Waals surface area (Å²) >= 11 is 2.59. The molecule has 2 aromatic heterocycles. The number of aromatic nitrogens is 3. The van der Waals surface area contributed by atoms with E-state index in [2.05, 4.69) is 15.2 Å². The van der Waals surface area contributed by atoms with Gasteiger partial charge in [0.25, 0.3) is 0 Å². The molecule has 0 fully saturated rings. The Labute approximate surface area is 169 Å². The minimum absolute atomic E-state index is 0.267. The van der Waals surface area contributed by atoms with Gasteiger partial charge in [-0.2, -0.15) is 0 Å². The molecule has 28 heavy (non-hydrogen) atoms. The Morgan fingerprint density at radius 1 is 1.21 bits per heavy atom. The van der Waals surface area contributed by atoms with Gasteiger partial charge in [0.2, 0.25) is 5.16 Å². The predicted octanol–water partition coefficient (Wildman–Crippen LogP) is 5.29. The van der Waals surface area contributed by atoms with Crippen LogP contribution < -0.4 is 0 Å². The summed E-state index contributed by atoms with van der Waals surface area (Å²) in [5.41, 5.74) is 1.55. The molecule has 4 rings (SSSR count). The molecule has 0 spiro atoms. The van der Waals surface area contributed by atoms with Crippen LogP contribution in [0.1, 0.15) is 22.2 Å². The molecule has 0 aliphatic carbocycles. The number of thiophene rings is 1. The zero-order valence-corrected chi connectivity index (χ0v) is 16.6. The molecule has 2 aromatic carbocycles. The first-order valence-electron chi connectivity index (χ1n) is 8.65. The van der Waals surface area contributed by atoms with Crippen molar-refractivity contribution in [1.29, 1.82) is 0 Å². The van der Waals surface area contributed by atoms with E-state index in [1.165, 1.54) is 29.2 Å². The van der Waals surface area contributed by atoms with Gasteiger partial charge in [-0.05, 0) is 24.6 Å². The molecule has 2 heterocycles. The third kappa shape index (κ3) is 3.65. The van der Waals surface area contributed by atoms with Gasteiger partial charge >= 0.3 is 5.97 Å². The maximum Gasteiger partial charge on any atom is 0.348 e. The molecule has 5 nitrogen and oxygen atoms in total. The van der Waals surface area contributed by atoms with Gasteiger partial charge in [-0.25, -0.2) is 14.2 Å². The Balaban J connectivity index is 1.63. The van der Waals surface area contributed by atoms with E-state index < -0.39 is 5.97 Å². The van der Waals surface area contributed by atoms with Gasteiger partial charge in [0, 0.05) is 21.4 Å². The van der Waals surface area contributed by atoms with Crippen molar-refractivity contribution in [2.75, 3.05) is 6.61 Å². The minimum Gasteiger partial charge on any atom is -0.462 e. The number of hydrogen-bond donors (Lipinski definition) is 1. The quantitative estimate of drug-likeness (QED) is 0.343. The molecule has 8 heteroatoms. The summed E-state index contributed by atoms with van der Waals surface area (Å²) in [6.07, 6.45) is 0. The van der Waals surface area contributed by atoms with Gasteiger partial charge < -0.3 is 4.74 Å². The monoisotopic (exact) mass is 413 g/mol. The fraction of sp³-hybridized carbons (Fsp3) is 0.150. The summed E-state index contributed by atoms with van der Waals surface area (Å²) in [7, 11) is 0. The van der Waals surface area contributed by atoms with Gasteiger partial charge in [-0.3, -0.25) is 5.10 Å². The number of thioether (sulfide) groups is 1. The fourth-order valence-corrected chi connectivity index (χ4v) is 4.89. The number of halogens is 1. The highest BCUT2D eigenvalue weighted by Gasteiger charge is 2.22. The highest BCUT2D eigenvalue weighted by molar-refractivity contribution is 7.98. The van der Waals surface area contributed by atoms with Crippen LogP contribution in [0.4, 0.5) is 4.39 Å². The number of benzene rings is 2. The Kier molecular flexibility index (Phi) is 5.40. The fourth-order valence-electron chi connectivity index (χ4n) is 2.84. The van der Waals surface area contributed by atoms with Crippen LogP contribution in [0, 0.1) is 5.82 Å². The van der Waals surface area contributed by atoms with Gasteiger partial charge in [-0.1, -0.05) is 48.2 Å². The lowest BCUT2D eigenvalue weighted by Crippen LogP contribution is -2.05. The molecule has 4 aromatic rings. The highest BCUT2D eigenvalue weighted by atomic mass is 32.2. The predicted molar refractivity (Wildman–Crippen MR) is 109 cm³/mol. The van der Waals surface area contributed by atoms with Crippen LogP contribution in [0.2, 0.25) is 0 Å². The number of H-pyrrole nitrogens is 1. The number of esters is 1. The van der Waals surface area contributed by atoms with Crippen molar-refractivity contribution >= 4 is 39.2 Å². The molecule has 0 saturated carbocycles. The Morgan fingerprint density at radius 3 is 2.82 bits per heavy atom. The average Bonchev–Trinajstić information content (AvgIpc) is 3.33. The second-order valence-electron chi connectivity index (χ2n) is 5.86. The van der Waals surface area contributed by atoms with Crippen molar-refractivity contribution in [3.63, 3.8) is 0 Å². The van der Waals surface area contributed by atoms with Gasteiger partial charge in [0.05, 0.1) is 6.61 Å². The van der Waals surface area contributed by atoms with Crippen LogP contribution in [0.5, 0.6) is 0 Å². The van der Waals surface area contributed by atoms with Crippen LogP contribution in [0.3, 0.4) is 0 Å². The molecule has 0 aliphatic heterocycles. The zero-order valence-electron chi connectivity index (χ0n) is 14.9. The summed E-state index contributed by atoms with van der Waals surface area (Å²) in [5.74, 6) is 0.245. The third-order valence-electron chi connectivity index (χ3n) is 4.08. The molecule has 0 radical (unpaired) electrons. The van der Waals surface area contributed by atoms with E-state index in [9.17, 15) is 9.18 Å². The molecule has 0 amide bonds. The average molecular weight is 413 g/mol. The van der Waals surface area contributed by atoms with Crippen molar-refractivity contribution in [2.45, 2.75) is 17.8 Å². The van der Waals surface area contributed by atoms with E-state index in [-0.39, 0.29) is 12.4 Å². The second-order valence-corrected chi connectivity index (χ2v) is 7.86. The molecular formula is C20H16FN3O2S2. The number of aromatic amines is 1. The smallest absolute Gasteiger partial charge is 0.348 e. The lowest BCUT2D eigenvalue weighted by molar-refractivity contribution is 0.0531. The molecule has 1 N–H and O–H groups in total. The summed E-state index contributed by atoms with van der Waals surface area (Å²) in [6, 6.07) is 14.5. The molecule has 142 valence electrons. The summed E-state index contributed by atoms with van der Waals surface area (Å²) in [4.78, 5) is 17.3. The van der Waals surface area contributed by atoms with E-state index in [1.54, 1.807) is 19.1 Å². The normalized spacial score (nSPS) is 11.1. The number of carbonyl (C=O) groups is 1. The van der Waals surface area contributed by atoms with Crippen LogP contribution in [-0.2, 0) is 10.5 Å². The molecular weight excluding hydrogens is 397 g/mol. The highest BCUT2D eigenvalue weighted by Crippen LogP contribution is 2.37. The van der Waals surface area contributed by atoms with Crippen molar-refractivity contribution in [3.8, 4) is 11.4 Å². The molecule has 0 bridgehead atoms. The third-order valence-corrected chi connectivity index (χ3v) is 6.13. The van der Waals surface area contributed by atoms with Crippen molar-refractivity contribution in [3.05, 3.63) is 64.8 Å². The van der Waals surface area contributed by atoms with Crippen LogP contribution in [-0.4, -0.2) is 27.8 Å². The molecule has 0 unspecified atom stereocenters. The minimum atomic E-state index is -0.432. The summed E-state index contributed by atoms with van der Waals surface area (Å²) in [6.45, 7) is 2.02. The second kappa shape index (κ2) is 8.12. The molecule has 0 atom stereocenters. The first-order valence-corrected chi connectivity index (χ1v) is 10.4. The first-order chi connectivity index (χ1) is 13.7. The lowest BCUT2D eigenvalue weighted by Gasteiger charge is -2.04. The Hall–Kier alpha value is -2.71. The van der Waals surface area contributed by atoms with Crippen molar-refractivity contribution in [2.24, 2.45) is 0 Å².